The van der Waals surface area contributed by atoms with E-state index in [0.29, 0.717) is 37.7 Å². The van der Waals surface area contributed by atoms with Crippen molar-refractivity contribution in [2.24, 2.45) is 0 Å². The molecule has 2 atom stereocenters. The summed E-state index contributed by atoms with van der Waals surface area (Å²) in [5.41, 5.74) is 0.194. The van der Waals surface area contributed by atoms with Crippen LogP contribution in [0.5, 0.6) is 0 Å². The fraction of sp³-hybridized carbons (Fsp3) is 0.542. The van der Waals surface area contributed by atoms with Crippen molar-refractivity contribution in [3.05, 3.63) is 47.4 Å². The monoisotopic (exact) mass is 493 g/mol. The van der Waals surface area contributed by atoms with Gasteiger partial charge in [-0.1, -0.05) is 6.07 Å². The second-order valence-electron chi connectivity index (χ2n) is 8.88. The van der Waals surface area contributed by atoms with Gasteiger partial charge in [-0.25, -0.2) is 9.97 Å². The molecule has 2 aliphatic rings. The highest BCUT2D eigenvalue weighted by molar-refractivity contribution is 5.95. The molecule has 4 rings (SSSR count). The third-order valence-electron chi connectivity index (χ3n) is 6.58. The summed E-state index contributed by atoms with van der Waals surface area (Å²) in [5.74, 6) is 0.0839. The molecule has 3 heterocycles. The third kappa shape index (κ3) is 6.09. The number of piperidine rings is 1. The Morgan fingerprint density at radius 1 is 1.20 bits per heavy atom. The van der Waals surface area contributed by atoms with Crippen LogP contribution in [-0.4, -0.2) is 72.4 Å². The van der Waals surface area contributed by atoms with Crippen molar-refractivity contribution in [2.75, 3.05) is 38.7 Å². The largest absolute Gasteiger partial charge is 0.416 e. The van der Waals surface area contributed by atoms with Gasteiger partial charge in [0.2, 0.25) is 0 Å². The lowest BCUT2D eigenvalue weighted by atomic mass is 9.99. The first-order chi connectivity index (χ1) is 16.8. The summed E-state index contributed by atoms with van der Waals surface area (Å²) in [6, 6.07) is 5.36. The van der Waals surface area contributed by atoms with E-state index in [9.17, 15) is 18.0 Å². The molecule has 0 aliphatic carbocycles. The molecule has 0 unspecified atom stereocenters. The van der Waals surface area contributed by atoms with E-state index in [1.807, 2.05) is 0 Å². The van der Waals surface area contributed by atoms with E-state index in [1.54, 1.807) is 18.9 Å². The van der Waals surface area contributed by atoms with Gasteiger partial charge in [-0.05, 0) is 44.4 Å². The number of carbonyl (C=O) groups is 1. The Balaban J connectivity index is 1.39. The number of ether oxygens (including phenoxy) is 2. The molecule has 8 nitrogen and oxygen atoms in total. The Hall–Kier alpha value is -2.76. The van der Waals surface area contributed by atoms with E-state index in [1.165, 1.54) is 18.5 Å². The van der Waals surface area contributed by atoms with Crippen LogP contribution < -0.4 is 10.6 Å². The van der Waals surface area contributed by atoms with E-state index in [0.717, 1.165) is 31.4 Å². The predicted octanol–water partition coefficient (Wildman–Crippen LogP) is 3.55. The fourth-order valence-electron chi connectivity index (χ4n) is 4.54. The number of alkyl halides is 3. The first-order valence-corrected chi connectivity index (χ1v) is 11.7. The minimum atomic E-state index is -4.45. The van der Waals surface area contributed by atoms with E-state index in [4.69, 9.17) is 9.47 Å². The van der Waals surface area contributed by atoms with Crippen LogP contribution in [0.4, 0.5) is 24.7 Å². The van der Waals surface area contributed by atoms with Crippen LogP contribution in [0.1, 0.15) is 40.9 Å². The van der Waals surface area contributed by atoms with Gasteiger partial charge in [-0.15, -0.1) is 0 Å². The maximum absolute atomic E-state index is 13.2. The summed E-state index contributed by atoms with van der Waals surface area (Å²) < 4.78 is 50.1. The van der Waals surface area contributed by atoms with E-state index in [2.05, 4.69) is 20.6 Å². The van der Waals surface area contributed by atoms with Crippen molar-refractivity contribution < 1.29 is 27.4 Å². The first kappa shape index (κ1) is 25.3. The molecule has 1 aromatic carbocycles. The summed E-state index contributed by atoms with van der Waals surface area (Å²) in [7, 11) is 1.69. The zero-order chi connectivity index (χ0) is 25.0. The number of nitrogens with one attached hydrogen (secondary N) is 2. The van der Waals surface area contributed by atoms with Gasteiger partial charge in [-0.2, -0.15) is 13.2 Å². The second kappa shape index (κ2) is 10.9. The van der Waals surface area contributed by atoms with Gasteiger partial charge >= 0.3 is 6.18 Å². The lowest BCUT2D eigenvalue weighted by molar-refractivity contribution is -0.137. The number of likely N-dealkylation sites (tertiary alicyclic amines) is 1. The number of halogens is 3. The van der Waals surface area contributed by atoms with E-state index < -0.39 is 11.7 Å². The smallest absolute Gasteiger partial charge is 0.379 e. The predicted molar refractivity (Wildman–Crippen MR) is 124 cm³/mol. The van der Waals surface area contributed by atoms with Gasteiger partial charge in [0.25, 0.3) is 5.91 Å². The van der Waals surface area contributed by atoms with Crippen molar-refractivity contribution in [2.45, 2.75) is 50.6 Å². The van der Waals surface area contributed by atoms with Gasteiger partial charge in [0.15, 0.2) is 0 Å². The molecule has 0 bridgehead atoms. The molecule has 11 heteroatoms. The van der Waals surface area contributed by atoms with Crippen molar-refractivity contribution in [1.29, 1.82) is 0 Å². The topological polar surface area (TPSA) is 88.6 Å². The SMILES string of the molecule is CO[C@@H]1COCC[C@@H]1NC1CCN(C(=O)c2ncnc(Nc3cccc(C(F)(F)F)c3)c2C)CC1. The number of anilines is 2. The lowest BCUT2D eigenvalue weighted by Crippen LogP contribution is -2.54. The first-order valence-electron chi connectivity index (χ1n) is 11.7. The zero-order valence-electron chi connectivity index (χ0n) is 19.8. The normalized spacial score (nSPS) is 21.7. The summed E-state index contributed by atoms with van der Waals surface area (Å²) in [6.45, 7) is 4.13. The van der Waals surface area contributed by atoms with Crippen LogP contribution >= 0.6 is 0 Å². The number of methoxy groups -OCH3 is 1. The standard InChI is InChI=1S/C24H30F3N5O3/c1-15-21(28-14-29-22(15)31-18-5-3-4-16(12-18)24(25,26)27)23(33)32-9-6-17(7-10-32)30-19-8-11-35-13-20(19)34-2/h3-5,12,14,17,19-20,30H,6-11,13H2,1-2H3,(H,28,29,31)/t19-,20+/m0/s1. The molecule has 1 aromatic heterocycles. The van der Waals surface area contributed by atoms with Crippen LogP contribution in [0.3, 0.4) is 0 Å². The number of carbonyl (C=O) groups excluding carboxylic acids is 1. The number of hydrogen-bond acceptors (Lipinski definition) is 7. The van der Waals surface area contributed by atoms with Crippen molar-refractivity contribution >= 4 is 17.4 Å². The van der Waals surface area contributed by atoms with Crippen LogP contribution in [-0.2, 0) is 15.7 Å². The van der Waals surface area contributed by atoms with Gasteiger partial charge in [0.1, 0.15) is 17.8 Å². The molecule has 2 aromatic rings. The number of nitrogens with zero attached hydrogens (tertiary/aromatic N) is 3. The molecule has 0 saturated carbocycles. The quantitative estimate of drug-likeness (QED) is 0.636. The summed E-state index contributed by atoms with van der Waals surface area (Å²) in [5, 5.41) is 6.55. The van der Waals surface area contributed by atoms with Gasteiger partial charge in [0, 0.05) is 50.1 Å². The average Bonchev–Trinajstić information content (AvgIpc) is 2.85. The molecular weight excluding hydrogens is 463 g/mol. The van der Waals surface area contributed by atoms with Crippen molar-refractivity contribution in [3.8, 4) is 0 Å². The maximum Gasteiger partial charge on any atom is 0.416 e. The Morgan fingerprint density at radius 3 is 2.69 bits per heavy atom. The van der Waals surface area contributed by atoms with E-state index >= 15 is 0 Å². The molecule has 2 N–H and O–H groups in total. The Morgan fingerprint density at radius 2 is 1.97 bits per heavy atom. The Labute approximate surface area is 202 Å². The lowest BCUT2D eigenvalue weighted by Gasteiger charge is -2.38. The van der Waals surface area contributed by atoms with Crippen LogP contribution in [0.2, 0.25) is 0 Å². The Kier molecular flexibility index (Phi) is 7.88. The highest BCUT2D eigenvalue weighted by Crippen LogP contribution is 2.31. The van der Waals surface area contributed by atoms with Gasteiger partial charge in [0.05, 0.1) is 18.3 Å². The third-order valence-corrected chi connectivity index (χ3v) is 6.58. The van der Waals surface area contributed by atoms with Crippen LogP contribution in [0.15, 0.2) is 30.6 Å². The zero-order valence-corrected chi connectivity index (χ0v) is 19.8. The van der Waals surface area contributed by atoms with E-state index in [-0.39, 0.29) is 35.5 Å². The summed E-state index contributed by atoms with van der Waals surface area (Å²) >= 11 is 0. The molecule has 190 valence electrons. The average molecular weight is 494 g/mol. The minimum absolute atomic E-state index is 0.0230. The molecule has 1 amide bonds. The molecule has 35 heavy (non-hydrogen) atoms. The summed E-state index contributed by atoms with van der Waals surface area (Å²) in [4.78, 5) is 23.3. The number of hydrogen-bond donors (Lipinski definition) is 2. The maximum atomic E-state index is 13.2. The second-order valence-corrected chi connectivity index (χ2v) is 8.88. The number of amides is 1. The van der Waals surface area contributed by atoms with Gasteiger partial charge < -0.3 is 25.0 Å². The number of aromatic nitrogens is 2. The molecule has 2 saturated heterocycles. The molecule has 2 aliphatic heterocycles. The number of benzene rings is 1. The molecule has 0 radical (unpaired) electrons. The van der Waals surface area contributed by atoms with Crippen molar-refractivity contribution in [3.63, 3.8) is 0 Å². The summed E-state index contributed by atoms with van der Waals surface area (Å²) in [6.07, 6.45) is -0.678. The molecular formula is C24H30F3N5O3. The fourth-order valence-corrected chi connectivity index (χ4v) is 4.54. The Bertz CT molecular complexity index is 1030. The molecule has 2 fully saturated rings. The van der Waals surface area contributed by atoms with Crippen LogP contribution in [0, 0.1) is 6.92 Å². The van der Waals surface area contributed by atoms with Crippen LogP contribution in [0.25, 0.3) is 0 Å². The number of rotatable bonds is 6. The highest BCUT2D eigenvalue weighted by Gasteiger charge is 2.32. The highest BCUT2D eigenvalue weighted by atomic mass is 19.4. The van der Waals surface area contributed by atoms with Crippen molar-refractivity contribution in [1.82, 2.24) is 20.2 Å². The molecule has 0 spiro atoms. The van der Waals surface area contributed by atoms with Gasteiger partial charge in [-0.3, -0.25) is 4.79 Å². The minimum Gasteiger partial charge on any atom is -0.379 e.